The molecule has 0 atom stereocenters. The van der Waals surface area contributed by atoms with Gasteiger partial charge in [0.05, 0.1) is 5.69 Å². The fourth-order valence-corrected chi connectivity index (χ4v) is 3.94. The highest BCUT2D eigenvalue weighted by Crippen LogP contribution is 2.27. The van der Waals surface area contributed by atoms with Crippen LogP contribution in [0.4, 0.5) is 10.5 Å². The second-order valence-corrected chi connectivity index (χ2v) is 7.60. The van der Waals surface area contributed by atoms with Crippen molar-refractivity contribution >= 4 is 40.5 Å². The number of imide groups is 2. The van der Waals surface area contributed by atoms with Gasteiger partial charge in [0.2, 0.25) is 0 Å². The molecule has 2 heterocycles. The second kappa shape index (κ2) is 7.63. The van der Waals surface area contributed by atoms with Crippen LogP contribution >= 0.6 is 0 Å². The van der Waals surface area contributed by atoms with Crippen LogP contribution in [0.25, 0.3) is 17.0 Å². The van der Waals surface area contributed by atoms with Gasteiger partial charge in [0.15, 0.2) is 0 Å². The zero-order chi connectivity index (χ0) is 21.4. The summed E-state index contributed by atoms with van der Waals surface area (Å²) in [6.07, 6.45) is 4.48. The van der Waals surface area contributed by atoms with Gasteiger partial charge >= 0.3 is 6.03 Å². The molecule has 0 saturated carbocycles. The van der Waals surface area contributed by atoms with Crippen LogP contribution in [-0.2, 0) is 16.1 Å². The van der Waals surface area contributed by atoms with Crippen molar-refractivity contribution in [3.63, 3.8) is 0 Å². The molecule has 152 valence electrons. The fourth-order valence-electron chi connectivity index (χ4n) is 3.94. The average Bonchev–Trinajstić information content (AvgIpc) is 3.02. The predicted molar refractivity (Wildman–Crippen MR) is 117 cm³/mol. The maximum atomic E-state index is 13.2. The molecule has 0 unspecified atom stereocenters. The lowest BCUT2D eigenvalue weighted by Gasteiger charge is -2.26. The molecule has 4 amide bonds. The zero-order valence-electron chi connectivity index (χ0n) is 17.2. The van der Waals surface area contributed by atoms with Crippen LogP contribution in [0.15, 0.2) is 54.2 Å². The lowest BCUT2D eigenvalue weighted by molar-refractivity contribution is -0.122. The third kappa shape index (κ3) is 3.41. The molecule has 0 bridgehead atoms. The van der Waals surface area contributed by atoms with E-state index in [1.165, 1.54) is 0 Å². The van der Waals surface area contributed by atoms with Crippen LogP contribution in [0.5, 0.6) is 0 Å². The number of carbonyl (C=O) groups excluding carboxylic acids is 3. The Bertz CT molecular complexity index is 1200. The Morgan fingerprint density at radius 1 is 1.00 bits per heavy atom. The summed E-state index contributed by atoms with van der Waals surface area (Å²) in [4.78, 5) is 39.3. The minimum Gasteiger partial charge on any atom is -0.347 e. The first-order valence-electron chi connectivity index (χ1n) is 9.96. The number of fused-ring (bicyclic) bond motifs is 1. The Hall–Kier alpha value is -3.67. The summed E-state index contributed by atoms with van der Waals surface area (Å²) in [5.74, 6) is -1.31. The van der Waals surface area contributed by atoms with E-state index >= 15 is 0 Å². The van der Waals surface area contributed by atoms with E-state index in [4.69, 9.17) is 0 Å². The summed E-state index contributed by atoms with van der Waals surface area (Å²) >= 11 is 0. The van der Waals surface area contributed by atoms with Crippen molar-refractivity contribution in [2.24, 2.45) is 0 Å². The predicted octanol–water partition coefficient (Wildman–Crippen LogP) is 4.33. The number of carbonyl (C=O) groups is 3. The van der Waals surface area contributed by atoms with Crippen molar-refractivity contribution in [2.45, 2.75) is 33.7 Å². The summed E-state index contributed by atoms with van der Waals surface area (Å²) in [6.45, 7) is 6.72. The topological polar surface area (TPSA) is 71.4 Å². The molecule has 0 aliphatic carbocycles. The van der Waals surface area contributed by atoms with Gasteiger partial charge in [-0.25, -0.2) is 9.69 Å². The number of nitrogens with zero attached hydrogens (tertiary/aromatic N) is 2. The van der Waals surface area contributed by atoms with E-state index in [2.05, 4.69) is 16.8 Å². The van der Waals surface area contributed by atoms with E-state index in [9.17, 15) is 14.4 Å². The van der Waals surface area contributed by atoms with Gasteiger partial charge in [0, 0.05) is 29.2 Å². The summed E-state index contributed by atoms with van der Waals surface area (Å²) in [6, 6.07) is 12.6. The smallest absolute Gasteiger partial charge is 0.335 e. The van der Waals surface area contributed by atoms with E-state index < -0.39 is 17.8 Å². The lowest BCUT2D eigenvalue weighted by atomic mass is 10.0. The summed E-state index contributed by atoms with van der Waals surface area (Å²) in [5, 5.41) is 3.25. The molecule has 4 rings (SSSR count). The summed E-state index contributed by atoms with van der Waals surface area (Å²) < 4.78 is 2.11. The quantitative estimate of drug-likeness (QED) is 0.522. The number of aromatic nitrogens is 1. The molecule has 6 heteroatoms. The van der Waals surface area contributed by atoms with Crippen LogP contribution in [0.2, 0.25) is 0 Å². The van der Waals surface area contributed by atoms with Gasteiger partial charge in [-0.2, -0.15) is 0 Å². The van der Waals surface area contributed by atoms with Gasteiger partial charge in [-0.15, -0.1) is 0 Å². The Morgan fingerprint density at radius 3 is 2.40 bits per heavy atom. The van der Waals surface area contributed by atoms with Gasteiger partial charge in [0.25, 0.3) is 11.8 Å². The number of benzene rings is 2. The summed E-state index contributed by atoms with van der Waals surface area (Å²) in [7, 11) is 0. The highest BCUT2D eigenvalue weighted by molar-refractivity contribution is 6.39. The normalized spacial score (nSPS) is 15.9. The molecule has 30 heavy (non-hydrogen) atoms. The molecule has 1 aliphatic heterocycles. The number of amides is 4. The van der Waals surface area contributed by atoms with E-state index in [0.29, 0.717) is 5.69 Å². The van der Waals surface area contributed by atoms with E-state index in [-0.39, 0.29) is 5.57 Å². The first-order chi connectivity index (χ1) is 14.4. The molecule has 1 N–H and O–H groups in total. The van der Waals surface area contributed by atoms with Gasteiger partial charge in [0.1, 0.15) is 5.57 Å². The number of hydrogen-bond acceptors (Lipinski definition) is 3. The average molecular weight is 401 g/mol. The first-order valence-corrected chi connectivity index (χ1v) is 9.96. The van der Waals surface area contributed by atoms with Crippen LogP contribution < -0.4 is 10.2 Å². The van der Waals surface area contributed by atoms with Crippen LogP contribution in [0.3, 0.4) is 0 Å². The zero-order valence-corrected chi connectivity index (χ0v) is 17.2. The molecule has 3 aromatic rings. The summed E-state index contributed by atoms with van der Waals surface area (Å²) in [5.41, 5.74) is 4.05. The first kappa shape index (κ1) is 19.6. The minimum atomic E-state index is -0.736. The largest absolute Gasteiger partial charge is 0.347 e. The van der Waals surface area contributed by atoms with Crippen LogP contribution in [0, 0.1) is 13.8 Å². The van der Waals surface area contributed by atoms with Gasteiger partial charge in [-0.1, -0.05) is 31.2 Å². The number of urea groups is 1. The number of barbiturate groups is 1. The number of nitrogens with one attached hydrogen (secondary N) is 1. The van der Waals surface area contributed by atoms with Crippen molar-refractivity contribution in [2.75, 3.05) is 4.90 Å². The molecular formula is C24H23N3O3. The van der Waals surface area contributed by atoms with Crippen molar-refractivity contribution in [1.29, 1.82) is 0 Å². The van der Waals surface area contributed by atoms with Crippen molar-refractivity contribution in [3.8, 4) is 0 Å². The number of rotatable bonds is 4. The molecule has 6 nitrogen and oxygen atoms in total. The molecule has 1 saturated heterocycles. The molecular weight excluding hydrogens is 378 g/mol. The number of anilines is 1. The Kier molecular flexibility index (Phi) is 4.99. The number of aryl methyl sites for hydroxylation is 3. The molecule has 2 aromatic carbocycles. The maximum Gasteiger partial charge on any atom is 0.335 e. The molecule has 1 fully saturated rings. The second-order valence-electron chi connectivity index (χ2n) is 7.60. The highest BCUT2D eigenvalue weighted by atomic mass is 16.2. The van der Waals surface area contributed by atoms with E-state index in [0.717, 1.165) is 45.5 Å². The Balaban J connectivity index is 1.81. The van der Waals surface area contributed by atoms with Gasteiger partial charge in [-0.3, -0.25) is 14.9 Å². The Labute approximate surface area is 174 Å². The Morgan fingerprint density at radius 2 is 1.70 bits per heavy atom. The van der Waals surface area contributed by atoms with Gasteiger partial charge < -0.3 is 4.57 Å². The maximum absolute atomic E-state index is 13.2. The SMILES string of the molecule is CCCn1cc(/C=C2\C(=O)NC(=O)N(c3cc(C)cc(C)c3)C2=O)c2ccccc21. The highest BCUT2D eigenvalue weighted by Gasteiger charge is 2.37. The minimum absolute atomic E-state index is 0.0619. The third-order valence-electron chi connectivity index (χ3n) is 5.15. The monoisotopic (exact) mass is 401 g/mol. The third-order valence-corrected chi connectivity index (χ3v) is 5.15. The standard InChI is InChI=1S/C24H23N3O3/c1-4-9-26-14-17(19-7-5-6-8-21(19)26)13-20-22(28)25-24(30)27(23(20)29)18-11-15(2)10-16(3)12-18/h5-8,10-14H,4,9H2,1-3H3,(H,25,28,30)/b20-13+. The van der Waals surface area contributed by atoms with E-state index in [1.54, 1.807) is 18.2 Å². The lowest BCUT2D eigenvalue weighted by Crippen LogP contribution is -2.54. The number of hydrogen-bond donors (Lipinski definition) is 1. The van der Waals surface area contributed by atoms with E-state index in [1.807, 2.05) is 50.4 Å². The molecule has 0 spiro atoms. The van der Waals surface area contributed by atoms with Crippen LogP contribution in [-0.4, -0.2) is 22.4 Å². The van der Waals surface area contributed by atoms with Crippen molar-refractivity contribution in [3.05, 3.63) is 70.9 Å². The van der Waals surface area contributed by atoms with Crippen LogP contribution in [0.1, 0.15) is 30.0 Å². The molecule has 0 radical (unpaired) electrons. The molecule has 1 aromatic heterocycles. The van der Waals surface area contributed by atoms with Crippen molar-refractivity contribution in [1.82, 2.24) is 9.88 Å². The van der Waals surface area contributed by atoms with Gasteiger partial charge in [-0.05, 0) is 55.7 Å². The molecule has 1 aliphatic rings. The van der Waals surface area contributed by atoms with Crippen molar-refractivity contribution < 1.29 is 14.4 Å². The fraction of sp³-hybridized carbons (Fsp3) is 0.208. The number of para-hydroxylation sites is 1.